The highest BCUT2D eigenvalue weighted by Gasteiger charge is 2.62. The maximum absolute atomic E-state index is 13.2. The summed E-state index contributed by atoms with van der Waals surface area (Å²) in [6, 6.07) is 0. The van der Waals surface area contributed by atoms with Crippen molar-refractivity contribution in [2.24, 2.45) is 0 Å². The van der Waals surface area contributed by atoms with Crippen LogP contribution in [0.2, 0.25) is 0 Å². The van der Waals surface area contributed by atoms with Gasteiger partial charge in [0.1, 0.15) is 0 Å². The molecule has 0 saturated heterocycles. The Kier molecular flexibility index (Phi) is 10.8. The van der Waals surface area contributed by atoms with Crippen molar-refractivity contribution >= 4 is 83.2 Å². The summed E-state index contributed by atoms with van der Waals surface area (Å²) < 4.78 is 127. The molecule has 0 atom stereocenters. The van der Waals surface area contributed by atoms with Gasteiger partial charge >= 0.3 is 54.6 Å². The van der Waals surface area contributed by atoms with Crippen LogP contribution in [0.3, 0.4) is 0 Å². The SMILES string of the molecule is FBBBBB(F)B(F)B(F)B(F)B(F)B(F)B(F)B(F)F. The zero-order chi connectivity index (χ0) is 17.4. The third kappa shape index (κ3) is 6.68. The highest BCUT2D eigenvalue weighted by molar-refractivity contribution is 7.84. The third-order valence-electron chi connectivity index (χ3n) is 2.97. The Morgan fingerprint density at radius 3 is 1.32 bits per heavy atom. The van der Waals surface area contributed by atoms with Gasteiger partial charge in [0.25, 0.3) is 7.45 Å². The summed E-state index contributed by atoms with van der Waals surface area (Å²) in [5.74, 6) is 0. The van der Waals surface area contributed by atoms with Gasteiger partial charge in [0.05, 0.1) is 14.1 Å². The molecule has 0 fully saturated rings. The molecule has 0 N–H and O–H groups in total. The first kappa shape index (κ1) is 22.1. The summed E-state index contributed by atoms with van der Waals surface area (Å²) in [4.78, 5) is 0. The van der Waals surface area contributed by atoms with Crippen molar-refractivity contribution in [1.82, 2.24) is 0 Å². The average Bonchev–Trinajstić information content (AvgIpc) is 2.50. The molecular formula is H4B12F10. The van der Waals surface area contributed by atoms with Gasteiger partial charge < -0.3 is 34.5 Å². The molecule has 0 bridgehead atoms. The number of halogens is 10. The normalized spacial score (nSPS) is 9.36. The number of hydrogen-bond acceptors (Lipinski definition) is 0. The molecule has 0 nitrogen and oxygen atoms in total. The van der Waals surface area contributed by atoms with E-state index in [0.29, 0.717) is 0 Å². The van der Waals surface area contributed by atoms with Crippen molar-refractivity contribution in [2.75, 3.05) is 0 Å². The molecule has 0 heterocycles. The Bertz CT molecular complexity index is 289. The molecule has 0 aliphatic heterocycles. The van der Waals surface area contributed by atoms with E-state index in [1.165, 1.54) is 0 Å². The first-order chi connectivity index (χ1) is 10.1. The van der Waals surface area contributed by atoms with Gasteiger partial charge in [-0.3, -0.25) is 8.63 Å². The second-order valence-electron chi connectivity index (χ2n) is 4.70. The van der Waals surface area contributed by atoms with Gasteiger partial charge in [-0.15, -0.1) is 0 Å². The van der Waals surface area contributed by atoms with Crippen LogP contribution in [0.15, 0.2) is 0 Å². The fourth-order valence-corrected chi connectivity index (χ4v) is 1.63. The monoisotopic (exact) mass is 326 g/mol. The van der Waals surface area contributed by atoms with E-state index < -0.39 is 69.1 Å². The van der Waals surface area contributed by atoms with Crippen LogP contribution in [0, 0.1) is 0 Å². The molecule has 22 heavy (non-hydrogen) atoms. The Labute approximate surface area is 127 Å². The van der Waals surface area contributed by atoms with Gasteiger partial charge in [-0.25, -0.2) is 0 Å². The fraction of sp³-hybridized carbons (Fsp3) is 0. The van der Waals surface area contributed by atoms with Crippen LogP contribution in [0.1, 0.15) is 0 Å². The maximum Gasteiger partial charge on any atom is 0.529 e. The topological polar surface area (TPSA) is 0 Å². The predicted molar refractivity (Wildman–Crippen MR) is 85.7 cm³/mol. The lowest BCUT2D eigenvalue weighted by atomic mass is 8.79. The molecule has 0 radical (unpaired) electrons. The van der Waals surface area contributed by atoms with Gasteiger partial charge in [-0.05, 0) is 0 Å². The smallest absolute Gasteiger partial charge is 0.355 e. The van der Waals surface area contributed by atoms with Crippen LogP contribution in [0.25, 0.3) is 0 Å². The molecule has 22 heteroatoms. The minimum Gasteiger partial charge on any atom is -0.355 e. The van der Waals surface area contributed by atoms with E-state index in [1.54, 1.807) is 0 Å². The largest absolute Gasteiger partial charge is 0.529 e. The van der Waals surface area contributed by atoms with Crippen LogP contribution in [0.5, 0.6) is 0 Å². The summed E-state index contributed by atoms with van der Waals surface area (Å²) in [5.41, 5.74) is 0. The van der Waals surface area contributed by atoms with Crippen molar-refractivity contribution in [1.29, 1.82) is 0 Å². The number of rotatable bonds is 11. The second kappa shape index (κ2) is 10.8. The molecule has 110 valence electrons. The summed E-state index contributed by atoms with van der Waals surface area (Å²) in [6.45, 7) is -24.1. The van der Waals surface area contributed by atoms with Gasteiger partial charge in [0.15, 0.2) is 0 Å². The Balaban J connectivity index is 4.58. The number of hydrogen-bond donors (Lipinski definition) is 0. The molecule has 0 saturated carbocycles. The maximum atomic E-state index is 13.2. The van der Waals surface area contributed by atoms with Crippen molar-refractivity contribution in [3.05, 3.63) is 0 Å². The van der Waals surface area contributed by atoms with Crippen molar-refractivity contribution in [3.8, 4) is 0 Å². The Hall–Kier alpha value is 0.0792. The van der Waals surface area contributed by atoms with Gasteiger partial charge in [-0.2, -0.15) is 0 Å². The van der Waals surface area contributed by atoms with Gasteiger partial charge in [0, 0.05) is 7.06 Å². The predicted octanol–water partition coefficient (Wildman–Crippen LogP) is -1.44. The molecule has 0 rings (SSSR count). The first-order valence-electron chi connectivity index (χ1n) is 6.47. The summed E-state index contributed by atoms with van der Waals surface area (Å²) in [6.07, 6.45) is 0. The molecule has 0 aromatic rings. The Morgan fingerprint density at radius 2 is 0.909 bits per heavy atom. The zero-order valence-electron chi connectivity index (χ0n) is 11.2. The highest BCUT2D eigenvalue weighted by atomic mass is 19.2. The van der Waals surface area contributed by atoms with Crippen LogP contribution in [-0.2, 0) is 0 Å². The summed E-state index contributed by atoms with van der Waals surface area (Å²) in [5, 5.41) is 0. The standard InChI is InChI=1S/B12F10H4/c13-4-2-1-3-5(14)6(15)7(16)8(17)9(18)10(19)11(20)12(21)22/h1-4H. The van der Waals surface area contributed by atoms with E-state index >= 15 is 0 Å². The molecule has 0 aliphatic carbocycles. The summed E-state index contributed by atoms with van der Waals surface area (Å²) in [7, 11) is -5.84. The average molecular weight is 324 g/mol. The van der Waals surface area contributed by atoms with E-state index in [1.807, 2.05) is 0 Å². The minimum absolute atomic E-state index is 0.153. The van der Waals surface area contributed by atoms with E-state index in [2.05, 4.69) is 0 Å². The molecule has 0 aliphatic rings. The van der Waals surface area contributed by atoms with Crippen molar-refractivity contribution in [2.45, 2.75) is 0 Å². The zero-order valence-corrected chi connectivity index (χ0v) is 11.2. The molecule has 0 spiro atoms. The van der Waals surface area contributed by atoms with E-state index in [0.717, 1.165) is 0 Å². The summed E-state index contributed by atoms with van der Waals surface area (Å²) >= 11 is 0. The lowest BCUT2D eigenvalue weighted by Crippen LogP contribution is -2.62. The van der Waals surface area contributed by atoms with Crippen LogP contribution in [-0.4, -0.2) is 83.2 Å². The molecule has 0 aromatic carbocycles. The highest BCUT2D eigenvalue weighted by Crippen LogP contribution is 2.14. The van der Waals surface area contributed by atoms with Crippen molar-refractivity contribution in [3.63, 3.8) is 0 Å². The van der Waals surface area contributed by atoms with Crippen LogP contribution >= 0.6 is 0 Å². The van der Waals surface area contributed by atoms with E-state index in [4.69, 9.17) is 0 Å². The third-order valence-corrected chi connectivity index (χ3v) is 2.97. The van der Waals surface area contributed by atoms with E-state index in [-0.39, 0.29) is 14.1 Å². The van der Waals surface area contributed by atoms with Crippen LogP contribution < -0.4 is 0 Å². The van der Waals surface area contributed by atoms with Gasteiger partial charge in [0.2, 0.25) is 0 Å². The molecule has 0 amide bonds. The van der Waals surface area contributed by atoms with E-state index in [9.17, 15) is 43.2 Å². The molecule has 0 unspecified atom stereocenters. The first-order valence-corrected chi connectivity index (χ1v) is 6.47. The molecule has 0 aromatic heterocycles. The van der Waals surface area contributed by atoms with Crippen LogP contribution in [0.4, 0.5) is 43.2 Å². The van der Waals surface area contributed by atoms with Gasteiger partial charge in [-0.1, -0.05) is 0 Å². The Morgan fingerprint density at radius 1 is 0.500 bits per heavy atom. The fourth-order valence-electron chi connectivity index (χ4n) is 1.63. The lowest BCUT2D eigenvalue weighted by molar-refractivity contribution is 0.678. The molecular weight excluding hydrogens is 320 g/mol. The minimum atomic E-state index is -3.98. The lowest BCUT2D eigenvalue weighted by Gasteiger charge is -2.13. The van der Waals surface area contributed by atoms with Crippen molar-refractivity contribution < 1.29 is 43.2 Å². The second-order valence-corrected chi connectivity index (χ2v) is 4.70. The quantitative estimate of drug-likeness (QED) is 0.248.